The number of aliphatic imine (C=N–C) groups is 1. The van der Waals surface area contributed by atoms with Gasteiger partial charge in [0.2, 0.25) is 5.89 Å². The fourth-order valence-corrected chi connectivity index (χ4v) is 2.42. The highest BCUT2D eigenvalue weighted by Crippen LogP contribution is 2.13. The van der Waals surface area contributed by atoms with E-state index in [4.69, 9.17) is 4.52 Å². The van der Waals surface area contributed by atoms with Gasteiger partial charge in [0, 0.05) is 25.9 Å². The van der Waals surface area contributed by atoms with Gasteiger partial charge in [-0.05, 0) is 24.5 Å². The quantitative estimate of drug-likeness (QED) is 0.596. The van der Waals surface area contributed by atoms with Crippen LogP contribution in [0.2, 0.25) is 0 Å². The molecule has 0 aliphatic heterocycles. The highest BCUT2D eigenvalue weighted by molar-refractivity contribution is 5.80. The first kappa shape index (κ1) is 19.0. The van der Waals surface area contributed by atoms with E-state index >= 15 is 0 Å². The number of rotatable bonds is 7. The summed E-state index contributed by atoms with van der Waals surface area (Å²) < 4.78 is 5.25. The van der Waals surface area contributed by atoms with Crippen LogP contribution in [0.15, 0.2) is 33.8 Å². The van der Waals surface area contributed by atoms with E-state index in [0.29, 0.717) is 18.9 Å². The van der Waals surface area contributed by atoms with E-state index < -0.39 is 0 Å². The van der Waals surface area contributed by atoms with Gasteiger partial charge < -0.3 is 15.2 Å². The molecular weight excluding hydrogens is 314 g/mol. The molecule has 6 nitrogen and oxygen atoms in total. The maximum absolute atomic E-state index is 5.25. The van der Waals surface area contributed by atoms with Crippen molar-refractivity contribution < 1.29 is 4.52 Å². The average molecular weight is 343 g/mol. The van der Waals surface area contributed by atoms with Gasteiger partial charge in [-0.15, -0.1) is 0 Å². The molecule has 1 unspecified atom stereocenters. The van der Waals surface area contributed by atoms with E-state index in [-0.39, 0.29) is 12.0 Å². The highest BCUT2D eigenvalue weighted by Gasteiger charge is 2.11. The Morgan fingerprint density at radius 2 is 1.92 bits per heavy atom. The minimum Gasteiger partial charge on any atom is -0.356 e. The zero-order valence-electron chi connectivity index (χ0n) is 15.8. The Labute approximate surface area is 150 Å². The summed E-state index contributed by atoms with van der Waals surface area (Å²) in [7, 11) is 1.77. The molecule has 0 fully saturated rings. The lowest BCUT2D eigenvalue weighted by Crippen LogP contribution is -2.39. The van der Waals surface area contributed by atoms with Crippen LogP contribution >= 0.6 is 0 Å². The lowest BCUT2D eigenvalue weighted by atomic mass is 10.1. The molecule has 1 atom stereocenters. The van der Waals surface area contributed by atoms with Crippen LogP contribution in [0.3, 0.4) is 0 Å². The van der Waals surface area contributed by atoms with Crippen molar-refractivity contribution in [2.45, 2.75) is 52.5 Å². The second-order valence-electron chi connectivity index (χ2n) is 6.41. The number of nitrogens with zero attached hydrogens (tertiary/aromatic N) is 3. The summed E-state index contributed by atoms with van der Waals surface area (Å²) in [4.78, 5) is 8.66. The van der Waals surface area contributed by atoms with Crippen LogP contribution < -0.4 is 10.6 Å². The molecular formula is C19H29N5O. The number of guanidine groups is 1. The molecule has 0 radical (unpaired) electrons. The molecule has 0 saturated carbocycles. The second kappa shape index (κ2) is 9.20. The van der Waals surface area contributed by atoms with E-state index in [2.05, 4.69) is 63.9 Å². The van der Waals surface area contributed by atoms with Gasteiger partial charge in [0.1, 0.15) is 0 Å². The van der Waals surface area contributed by atoms with Gasteiger partial charge in [-0.3, -0.25) is 4.99 Å². The van der Waals surface area contributed by atoms with Crippen molar-refractivity contribution in [2.24, 2.45) is 4.99 Å². The molecule has 0 spiro atoms. The Hall–Kier alpha value is -2.37. The molecule has 2 rings (SSSR count). The molecule has 0 saturated heterocycles. The van der Waals surface area contributed by atoms with Gasteiger partial charge in [-0.25, -0.2) is 0 Å². The predicted molar refractivity (Wildman–Crippen MR) is 101 cm³/mol. The molecule has 1 aromatic heterocycles. The van der Waals surface area contributed by atoms with Crippen molar-refractivity contribution in [1.82, 2.24) is 20.8 Å². The fourth-order valence-electron chi connectivity index (χ4n) is 2.42. The van der Waals surface area contributed by atoms with E-state index in [1.165, 1.54) is 11.1 Å². The van der Waals surface area contributed by atoms with E-state index in [1.807, 2.05) is 13.8 Å². The van der Waals surface area contributed by atoms with E-state index in [0.717, 1.165) is 18.2 Å². The second-order valence-corrected chi connectivity index (χ2v) is 6.41. The van der Waals surface area contributed by atoms with Crippen molar-refractivity contribution in [2.75, 3.05) is 13.6 Å². The monoisotopic (exact) mass is 343 g/mol. The van der Waals surface area contributed by atoms with Gasteiger partial charge >= 0.3 is 0 Å². The summed E-state index contributed by atoms with van der Waals surface area (Å²) in [6.07, 6.45) is 1.72. The number of benzene rings is 1. The van der Waals surface area contributed by atoms with E-state index in [1.54, 1.807) is 7.05 Å². The van der Waals surface area contributed by atoms with Gasteiger partial charge in [-0.2, -0.15) is 4.98 Å². The number of nitrogens with one attached hydrogen (secondary N) is 2. The number of aromatic nitrogens is 2. The summed E-state index contributed by atoms with van der Waals surface area (Å²) in [5.74, 6) is 2.44. The van der Waals surface area contributed by atoms with Crippen LogP contribution in [-0.2, 0) is 12.8 Å². The standard InChI is InChI=1S/C19H29N5O/c1-6-15-7-9-16(10-8-15)14(4)22-19(20-5)21-12-11-17-23-18(13(2)3)24-25-17/h7-10,13-14H,6,11-12H2,1-5H3,(H2,20,21,22). The smallest absolute Gasteiger partial charge is 0.228 e. The molecule has 0 aliphatic carbocycles. The molecule has 6 heteroatoms. The first-order valence-corrected chi connectivity index (χ1v) is 8.92. The minimum absolute atomic E-state index is 0.174. The summed E-state index contributed by atoms with van der Waals surface area (Å²) in [6.45, 7) is 9.07. The van der Waals surface area contributed by atoms with Gasteiger partial charge in [0.25, 0.3) is 0 Å². The lowest BCUT2D eigenvalue weighted by molar-refractivity contribution is 0.371. The zero-order valence-corrected chi connectivity index (χ0v) is 15.8. The topological polar surface area (TPSA) is 75.3 Å². The first-order chi connectivity index (χ1) is 12.0. The van der Waals surface area contributed by atoms with Crippen LogP contribution in [0.25, 0.3) is 0 Å². The lowest BCUT2D eigenvalue weighted by Gasteiger charge is -2.18. The molecule has 1 heterocycles. The van der Waals surface area contributed by atoms with E-state index in [9.17, 15) is 0 Å². The Bertz CT molecular complexity index is 675. The Kier molecular flexibility index (Phi) is 6.98. The first-order valence-electron chi connectivity index (χ1n) is 8.92. The van der Waals surface area contributed by atoms with Crippen LogP contribution in [0.4, 0.5) is 0 Å². The predicted octanol–water partition coefficient (Wildman–Crippen LogP) is 3.22. The summed E-state index contributed by atoms with van der Waals surface area (Å²) in [5, 5.41) is 10.7. The molecule has 2 aromatic rings. The third-order valence-electron chi connectivity index (χ3n) is 4.10. The third kappa shape index (κ3) is 5.59. The van der Waals surface area contributed by atoms with Crippen molar-refractivity contribution in [3.63, 3.8) is 0 Å². The Morgan fingerprint density at radius 3 is 2.48 bits per heavy atom. The molecule has 1 aromatic carbocycles. The molecule has 0 bridgehead atoms. The average Bonchev–Trinajstić information content (AvgIpc) is 3.10. The van der Waals surface area contributed by atoms with Gasteiger partial charge in [0.15, 0.2) is 11.8 Å². The largest absolute Gasteiger partial charge is 0.356 e. The molecule has 0 aliphatic rings. The van der Waals surface area contributed by atoms with Crippen molar-refractivity contribution in [3.05, 3.63) is 47.1 Å². The fraction of sp³-hybridized carbons (Fsp3) is 0.526. The Morgan fingerprint density at radius 1 is 1.20 bits per heavy atom. The maximum atomic E-state index is 5.25. The Balaban J connectivity index is 1.82. The van der Waals surface area contributed by atoms with Crippen molar-refractivity contribution >= 4 is 5.96 Å². The highest BCUT2D eigenvalue weighted by atomic mass is 16.5. The van der Waals surface area contributed by atoms with Crippen LogP contribution in [0.1, 0.15) is 62.5 Å². The normalized spacial score (nSPS) is 13.1. The van der Waals surface area contributed by atoms with Gasteiger partial charge in [0.05, 0.1) is 6.04 Å². The minimum atomic E-state index is 0.174. The van der Waals surface area contributed by atoms with Crippen molar-refractivity contribution in [1.29, 1.82) is 0 Å². The zero-order chi connectivity index (χ0) is 18.2. The summed E-state index contributed by atoms with van der Waals surface area (Å²) in [6, 6.07) is 8.84. The molecule has 0 amide bonds. The van der Waals surface area contributed by atoms with Crippen LogP contribution in [0.5, 0.6) is 0 Å². The van der Waals surface area contributed by atoms with Gasteiger partial charge in [-0.1, -0.05) is 50.2 Å². The number of aryl methyl sites for hydroxylation is 1. The van der Waals surface area contributed by atoms with Crippen LogP contribution in [0, 0.1) is 0 Å². The molecule has 2 N–H and O–H groups in total. The SMILES string of the molecule is CCc1ccc(C(C)NC(=NC)NCCc2nc(C(C)C)no2)cc1. The summed E-state index contributed by atoms with van der Waals surface area (Å²) in [5.41, 5.74) is 2.58. The van der Waals surface area contributed by atoms with Crippen molar-refractivity contribution in [3.8, 4) is 0 Å². The third-order valence-corrected chi connectivity index (χ3v) is 4.10. The number of hydrogen-bond acceptors (Lipinski definition) is 4. The number of hydrogen-bond donors (Lipinski definition) is 2. The molecule has 25 heavy (non-hydrogen) atoms. The molecule has 136 valence electrons. The van der Waals surface area contributed by atoms with Crippen LogP contribution in [-0.4, -0.2) is 29.7 Å². The summed E-state index contributed by atoms with van der Waals surface area (Å²) >= 11 is 0. The maximum Gasteiger partial charge on any atom is 0.228 e.